The summed E-state index contributed by atoms with van der Waals surface area (Å²) < 4.78 is 13.4. The van der Waals surface area contributed by atoms with Crippen molar-refractivity contribution in [2.75, 3.05) is 31.5 Å². The molecule has 0 unspecified atom stereocenters. The lowest BCUT2D eigenvalue weighted by Crippen LogP contribution is -2.35. The molecule has 2 rings (SSSR count). The maximum atomic E-state index is 13.4. The monoisotopic (exact) mass is 250 g/mol. The van der Waals surface area contributed by atoms with Crippen molar-refractivity contribution in [2.24, 2.45) is 5.92 Å². The van der Waals surface area contributed by atoms with Crippen LogP contribution in [0.4, 0.5) is 10.1 Å². The second kappa shape index (κ2) is 6.74. The second-order valence-corrected chi connectivity index (χ2v) is 5.10. The summed E-state index contributed by atoms with van der Waals surface area (Å²) >= 11 is 0. The maximum absolute atomic E-state index is 13.4. The number of benzene rings is 1. The van der Waals surface area contributed by atoms with Gasteiger partial charge in [0.25, 0.3) is 0 Å². The molecule has 1 N–H and O–H groups in total. The number of likely N-dealkylation sites (N-methyl/N-ethyl adjacent to an activating group) is 1. The van der Waals surface area contributed by atoms with Crippen molar-refractivity contribution in [1.82, 2.24) is 4.90 Å². The summed E-state index contributed by atoms with van der Waals surface area (Å²) in [4.78, 5) is 2.46. The summed E-state index contributed by atoms with van der Waals surface area (Å²) in [6, 6.07) is 6.86. The molecular weight excluding hydrogens is 227 g/mol. The average Bonchev–Trinajstić information content (AvgIpc) is 2.33. The Morgan fingerprint density at radius 2 is 2.11 bits per heavy atom. The molecule has 3 heteroatoms. The molecule has 0 heterocycles. The molecule has 0 amide bonds. The lowest BCUT2D eigenvalue weighted by Gasteiger charge is -2.31. The van der Waals surface area contributed by atoms with E-state index >= 15 is 0 Å². The van der Waals surface area contributed by atoms with E-state index in [4.69, 9.17) is 0 Å². The lowest BCUT2D eigenvalue weighted by molar-refractivity contribution is 0.189. The fourth-order valence-corrected chi connectivity index (χ4v) is 2.37. The molecule has 0 atom stereocenters. The van der Waals surface area contributed by atoms with Crippen LogP contribution in [0, 0.1) is 11.7 Å². The van der Waals surface area contributed by atoms with Gasteiger partial charge in [0.05, 0.1) is 5.69 Å². The van der Waals surface area contributed by atoms with Crippen molar-refractivity contribution in [1.29, 1.82) is 0 Å². The molecular formula is C15H23FN2. The van der Waals surface area contributed by atoms with Crippen molar-refractivity contribution in [3.05, 3.63) is 30.1 Å². The third kappa shape index (κ3) is 3.70. The fraction of sp³-hybridized carbons (Fsp3) is 0.600. The maximum Gasteiger partial charge on any atom is 0.146 e. The molecule has 1 fully saturated rings. The minimum absolute atomic E-state index is 0.167. The highest BCUT2D eigenvalue weighted by Crippen LogP contribution is 2.26. The molecule has 1 saturated carbocycles. The highest BCUT2D eigenvalue weighted by atomic mass is 19.1. The minimum atomic E-state index is -0.167. The van der Waals surface area contributed by atoms with Gasteiger partial charge < -0.3 is 10.2 Å². The van der Waals surface area contributed by atoms with Crippen LogP contribution >= 0.6 is 0 Å². The zero-order valence-electron chi connectivity index (χ0n) is 11.2. The van der Waals surface area contributed by atoms with E-state index in [0.29, 0.717) is 5.69 Å². The van der Waals surface area contributed by atoms with Crippen LogP contribution in [0.25, 0.3) is 0 Å². The van der Waals surface area contributed by atoms with E-state index in [2.05, 4.69) is 17.1 Å². The Kier molecular flexibility index (Phi) is 5.00. The predicted molar refractivity (Wildman–Crippen MR) is 74.3 cm³/mol. The SMILES string of the molecule is CCN(CCNc1ccccc1F)CC1CCC1. The molecule has 1 aliphatic carbocycles. The first kappa shape index (κ1) is 13.3. The standard InChI is InChI=1S/C15H23FN2/c1-2-18(12-13-6-5-7-13)11-10-17-15-9-4-3-8-14(15)16/h3-4,8-9,13,17H,2,5-7,10-12H2,1H3. The van der Waals surface area contributed by atoms with Crippen LogP contribution in [0.5, 0.6) is 0 Å². The summed E-state index contributed by atoms with van der Waals surface area (Å²) in [5, 5.41) is 3.17. The molecule has 1 aromatic rings. The first-order valence-electron chi connectivity index (χ1n) is 7.00. The van der Waals surface area contributed by atoms with Gasteiger partial charge in [-0.05, 0) is 37.4 Å². The highest BCUT2D eigenvalue weighted by molar-refractivity contribution is 5.44. The van der Waals surface area contributed by atoms with Crippen molar-refractivity contribution in [3.8, 4) is 0 Å². The van der Waals surface area contributed by atoms with Crippen molar-refractivity contribution >= 4 is 5.69 Å². The summed E-state index contributed by atoms with van der Waals surface area (Å²) in [6.07, 6.45) is 4.17. The fourth-order valence-electron chi connectivity index (χ4n) is 2.37. The largest absolute Gasteiger partial charge is 0.381 e. The zero-order valence-corrected chi connectivity index (χ0v) is 11.2. The molecule has 0 aromatic heterocycles. The van der Waals surface area contributed by atoms with E-state index in [1.165, 1.54) is 31.9 Å². The van der Waals surface area contributed by atoms with E-state index in [9.17, 15) is 4.39 Å². The Morgan fingerprint density at radius 3 is 2.72 bits per heavy atom. The van der Waals surface area contributed by atoms with Crippen molar-refractivity contribution in [3.63, 3.8) is 0 Å². The molecule has 1 aliphatic rings. The number of nitrogens with zero attached hydrogens (tertiary/aromatic N) is 1. The van der Waals surface area contributed by atoms with Crippen LogP contribution < -0.4 is 5.32 Å². The van der Waals surface area contributed by atoms with Crippen LogP contribution in [0.2, 0.25) is 0 Å². The smallest absolute Gasteiger partial charge is 0.146 e. The molecule has 100 valence electrons. The van der Waals surface area contributed by atoms with Crippen LogP contribution in [0.15, 0.2) is 24.3 Å². The van der Waals surface area contributed by atoms with Crippen LogP contribution in [-0.4, -0.2) is 31.1 Å². The van der Waals surface area contributed by atoms with Gasteiger partial charge in [-0.1, -0.05) is 25.5 Å². The normalized spacial score (nSPS) is 15.7. The Bertz CT molecular complexity index is 363. The van der Waals surface area contributed by atoms with Gasteiger partial charge in [0.15, 0.2) is 0 Å². The molecule has 0 bridgehead atoms. The summed E-state index contributed by atoms with van der Waals surface area (Å²) in [5.41, 5.74) is 0.609. The highest BCUT2D eigenvalue weighted by Gasteiger charge is 2.19. The molecule has 2 nitrogen and oxygen atoms in total. The van der Waals surface area contributed by atoms with E-state index < -0.39 is 0 Å². The number of halogens is 1. The number of hydrogen-bond donors (Lipinski definition) is 1. The van der Waals surface area contributed by atoms with Gasteiger partial charge in [0, 0.05) is 19.6 Å². The Labute approximate surface area is 109 Å². The van der Waals surface area contributed by atoms with E-state index in [-0.39, 0.29) is 5.82 Å². The van der Waals surface area contributed by atoms with Gasteiger partial charge in [-0.15, -0.1) is 0 Å². The van der Waals surface area contributed by atoms with Crippen LogP contribution in [0.1, 0.15) is 26.2 Å². The summed E-state index contributed by atoms with van der Waals surface area (Å²) in [7, 11) is 0. The van der Waals surface area contributed by atoms with Crippen molar-refractivity contribution in [2.45, 2.75) is 26.2 Å². The van der Waals surface area contributed by atoms with Gasteiger partial charge in [-0.2, -0.15) is 0 Å². The second-order valence-electron chi connectivity index (χ2n) is 5.10. The first-order chi connectivity index (χ1) is 8.79. The van der Waals surface area contributed by atoms with Crippen molar-refractivity contribution < 1.29 is 4.39 Å². The Morgan fingerprint density at radius 1 is 1.33 bits per heavy atom. The van der Waals surface area contributed by atoms with Gasteiger partial charge in [-0.25, -0.2) is 4.39 Å². The Hall–Kier alpha value is -1.09. The van der Waals surface area contributed by atoms with Gasteiger partial charge in [0.1, 0.15) is 5.82 Å². The molecule has 0 saturated heterocycles. The first-order valence-corrected chi connectivity index (χ1v) is 7.00. The molecule has 18 heavy (non-hydrogen) atoms. The van der Waals surface area contributed by atoms with Gasteiger partial charge in [-0.3, -0.25) is 0 Å². The quantitative estimate of drug-likeness (QED) is 0.798. The zero-order chi connectivity index (χ0) is 12.8. The van der Waals surface area contributed by atoms with E-state index in [0.717, 1.165) is 25.6 Å². The minimum Gasteiger partial charge on any atom is -0.381 e. The predicted octanol–water partition coefficient (Wildman–Crippen LogP) is 3.36. The van der Waals surface area contributed by atoms with Crippen LogP contribution in [-0.2, 0) is 0 Å². The van der Waals surface area contributed by atoms with Gasteiger partial charge in [0.2, 0.25) is 0 Å². The number of hydrogen-bond acceptors (Lipinski definition) is 2. The third-order valence-electron chi connectivity index (χ3n) is 3.81. The summed E-state index contributed by atoms with van der Waals surface area (Å²) in [5.74, 6) is 0.734. The summed E-state index contributed by atoms with van der Waals surface area (Å²) in [6.45, 7) is 6.27. The van der Waals surface area contributed by atoms with Crippen LogP contribution in [0.3, 0.4) is 0 Å². The number of nitrogens with one attached hydrogen (secondary N) is 1. The molecule has 0 aliphatic heterocycles. The number of rotatable bonds is 7. The topological polar surface area (TPSA) is 15.3 Å². The average molecular weight is 250 g/mol. The van der Waals surface area contributed by atoms with E-state index in [1.54, 1.807) is 12.1 Å². The third-order valence-corrected chi connectivity index (χ3v) is 3.81. The molecule has 0 spiro atoms. The lowest BCUT2D eigenvalue weighted by atomic mass is 9.85. The van der Waals surface area contributed by atoms with Gasteiger partial charge >= 0.3 is 0 Å². The Balaban J connectivity index is 1.71. The molecule has 1 aromatic carbocycles. The number of para-hydroxylation sites is 1. The number of anilines is 1. The van der Waals surface area contributed by atoms with E-state index in [1.807, 2.05) is 6.07 Å². The molecule has 0 radical (unpaired) electrons.